The van der Waals surface area contributed by atoms with Gasteiger partial charge in [0.1, 0.15) is 5.75 Å². The molecule has 2 N–H and O–H groups in total. The summed E-state index contributed by atoms with van der Waals surface area (Å²) in [6.07, 6.45) is 0. The molecule has 0 spiro atoms. The number of anilines is 1. The second-order valence-corrected chi connectivity index (χ2v) is 3.62. The molecular formula is C14H13NO2. The lowest BCUT2D eigenvalue weighted by atomic mass is 10.1. The second-order valence-electron chi connectivity index (χ2n) is 3.62. The molecule has 0 aliphatic heterocycles. The summed E-state index contributed by atoms with van der Waals surface area (Å²) in [6.45, 7) is -0.00176. The number of hydrogen-bond acceptors (Lipinski definition) is 3. The van der Waals surface area contributed by atoms with E-state index in [1.807, 2.05) is 30.3 Å². The van der Waals surface area contributed by atoms with Crippen LogP contribution in [-0.2, 0) is 0 Å². The molecular weight excluding hydrogens is 214 g/mol. The van der Waals surface area contributed by atoms with E-state index >= 15 is 0 Å². The molecule has 0 aliphatic rings. The van der Waals surface area contributed by atoms with Gasteiger partial charge in [-0.3, -0.25) is 4.79 Å². The fourth-order valence-electron chi connectivity index (χ4n) is 1.46. The Kier molecular flexibility index (Phi) is 3.40. The van der Waals surface area contributed by atoms with Gasteiger partial charge in [0.05, 0.1) is 5.69 Å². The quantitative estimate of drug-likeness (QED) is 0.645. The molecule has 0 radical (unpaired) electrons. The van der Waals surface area contributed by atoms with Crippen molar-refractivity contribution in [3.63, 3.8) is 0 Å². The van der Waals surface area contributed by atoms with Crippen molar-refractivity contribution >= 4 is 11.5 Å². The third kappa shape index (κ3) is 2.84. The fraction of sp³-hybridized carbons (Fsp3) is 0.0714. The molecule has 0 aliphatic carbocycles. The first-order valence-electron chi connectivity index (χ1n) is 5.33. The van der Waals surface area contributed by atoms with Gasteiger partial charge in [-0.1, -0.05) is 42.5 Å². The summed E-state index contributed by atoms with van der Waals surface area (Å²) in [5.74, 6) is 0.477. The largest absolute Gasteiger partial charge is 0.483 e. The molecule has 3 nitrogen and oxygen atoms in total. The maximum atomic E-state index is 11.8. The van der Waals surface area contributed by atoms with Crippen LogP contribution in [0.5, 0.6) is 5.75 Å². The highest BCUT2D eigenvalue weighted by Gasteiger charge is 2.06. The minimum Gasteiger partial charge on any atom is -0.483 e. The first-order chi connectivity index (χ1) is 8.27. The molecule has 0 saturated carbocycles. The van der Waals surface area contributed by atoms with E-state index in [2.05, 4.69) is 0 Å². The van der Waals surface area contributed by atoms with Crippen molar-refractivity contribution in [2.24, 2.45) is 0 Å². The third-order valence-electron chi connectivity index (χ3n) is 2.37. The van der Waals surface area contributed by atoms with Crippen LogP contribution < -0.4 is 10.5 Å². The standard InChI is InChI=1S/C14H13NO2/c15-12-8-4-5-9-14(12)17-10-13(16)11-6-2-1-3-7-11/h1-9H,10,15H2. The van der Waals surface area contributed by atoms with Crippen LogP contribution in [0.1, 0.15) is 10.4 Å². The van der Waals surface area contributed by atoms with Crippen molar-refractivity contribution in [2.45, 2.75) is 0 Å². The van der Waals surface area contributed by atoms with Gasteiger partial charge < -0.3 is 10.5 Å². The Morgan fingerprint density at radius 1 is 1.00 bits per heavy atom. The molecule has 0 amide bonds. The number of Topliss-reactive ketones (excluding diaryl/α,β-unsaturated/α-hetero) is 1. The molecule has 0 saturated heterocycles. The maximum Gasteiger partial charge on any atom is 0.200 e. The first-order valence-corrected chi connectivity index (χ1v) is 5.33. The Morgan fingerprint density at radius 2 is 1.65 bits per heavy atom. The van der Waals surface area contributed by atoms with Crippen LogP contribution in [0.4, 0.5) is 5.69 Å². The zero-order valence-corrected chi connectivity index (χ0v) is 9.30. The highest BCUT2D eigenvalue weighted by atomic mass is 16.5. The zero-order chi connectivity index (χ0) is 12.1. The number of rotatable bonds is 4. The average molecular weight is 227 g/mol. The van der Waals surface area contributed by atoms with Crippen molar-refractivity contribution in [1.29, 1.82) is 0 Å². The average Bonchev–Trinajstić information content (AvgIpc) is 2.38. The summed E-state index contributed by atoms with van der Waals surface area (Å²) in [7, 11) is 0. The lowest BCUT2D eigenvalue weighted by molar-refractivity contribution is 0.0922. The summed E-state index contributed by atoms with van der Waals surface area (Å²) < 4.78 is 5.38. The van der Waals surface area contributed by atoms with E-state index in [0.29, 0.717) is 17.0 Å². The van der Waals surface area contributed by atoms with Gasteiger partial charge in [0.2, 0.25) is 0 Å². The van der Waals surface area contributed by atoms with Crippen molar-refractivity contribution in [3.8, 4) is 5.75 Å². The summed E-state index contributed by atoms with van der Waals surface area (Å²) in [4.78, 5) is 11.8. The zero-order valence-electron chi connectivity index (χ0n) is 9.30. The number of nitrogens with two attached hydrogens (primary N) is 1. The van der Waals surface area contributed by atoms with Crippen molar-refractivity contribution < 1.29 is 9.53 Å². The number of carbonyl (C=O) groups is 1. The van der Waals surface area contributed by atoms with Gasteiger partial charge >= 0.3 is 0 Å². The van der Waals surface area contributed by atoms with Gasteiger partial charge in [-0.25, -0.2) is 0 Å². The van der Waals surface area contributed by atoms with Gasteiger partial charge in [-0.2, -0.15) is 0 Å². The molecule has 0 fully saturated rings. The topological polar surface area (TPSA) is 52.3 Å². The normalized spacial score (nSPS) is 9.88. The van der Waals surface area contributed by atoms with E-state index in [1.165, 1.54) is 0 Å². The first kappa shape index (κ1) is 11.2. The van der Waals surface area contributed by atoms with Gasteiger partial charge in [0, 0.05) is 5.56 Å². The Bertz CT molecular complexity index is 509. The maximum absolute atomic E-state index is 11.8. The Labute approximate surface area is 99.8 Å². The van der Waals surface area contributed by atoms with Gasteiger partial charge in [0.15, 0.2) is 12.4 Å². The summed E-state index contributed by atoms with van der Waals surface area (Å²) >= 11 is 0. The summed E-state index contributed by atoms with van der Waals surface area (Å²) in [5.41, 5.74) is 6.89. The number of ether oxygens (including phenoxy) is 1. The van der Waals surface area contributed by atoms with E-state index in [9.17, 15) is 4.79 Å². The number of benzene rings is 2. The highest BCUT2D eigenvalue weighted by molar-refractivity contribution is 5.97. The molecule has 2 aromatic carbocycles. The van der Waals surface area contributed by atoms with Crippen LogP contribution in [0, 0.1) is 0 Å². The Hall–Kier alpha value is -2.29. The molecule has 2 aromatic rings. The number of ketones is 1. The van der Waals surface area contributed by atoms with Gasteiger partial charge in [-0.15, -0.1) is 0 Å². The minimum atomic E-state index is -0.0612. The van der Waals surface area contributed by atoms with Crippen LogP contribution in [0.15, 0.2) is 54.6 Å². The summed E-state index contributed by atoms with van der Waals surface area (Å²) in [5, 5.41) is 0. The SMILES string of the molecule is Nc1ccccc1OCC(=O)c1ccccc1. The van der Waals surface area contributed by atoms with Crippen LogP contribution in [0.2, 0.25) is 0 Å². The van der Waals surface area contributed by atoms with Crippen LogP contribution in [-0.4, -0.2) is 12.4 Å². The molecule has 0 heterocycles. The van der Waals surface area contributed by atoms with Crippen LogP contribution >= 0.6 is 0 Å². The number of nitrogen functional groups attached to an aromatic ring is 1. The Morgan fingerprint density at radius 3 is 2.35 bits per heavy atom. The predicted molar refractivity (Wildman–Crippen MR) is 67.1 cm³/mol. The van der Waals surface area contributed by atoms with Crippen molar-refractivity contribution in [3.05, 3.63) is 60.2 Å². The van der Waals surface area contributed by atoms with Crippen LogP contribution in [0.25, 0.3) is 0 Å². The lowest BCUT2D eigenvalue weighted by Crippen LogP contribution is -2.12. The van der Waals surface area contributed by atoms with Crippen LogP contribution in [0.3, 0.4) is 0 Å². The monoisotopic (exact) mass is 227 g/mol. The fourth-order valence-corrected chi connectivity index (χ4v) is 1.46. The number of hydrogen-bond donors (Lipinski definition) is 1. The molecule has 0 bridgehead atoms. The predicted octanol–water partition coefficient (Wildman–Crippen LogP) is 2.53. The van der Waals surface area contributed by atoms with E-state index < -0.39 is 0 Å². The van der Waals surface area contributed by atoms with Gasteiger partial charge in [-0.05, 0) is 12.1 Å². The molecule has 0 aromatic heterocycles. The Balaban J connectivity index is 2.00. The van der Waals surface area contributed by atoms with E-state index in [-0.39, 0.29) is 12.4 Å². The van der Waals surface area contributed by atoms with Crippen molar-refractivity contribution in [2.75, 3.05) is 12.3 Å². The number of carbonyl (C=O) groups excluding carboxylic acids is 1. The molecule has 0 unspecified atom stereocenters. The minimum absolute atomic E-state index is 0.00176. The molecule has 0 atom stereocenters. The van der Waals surface area contributed by atoms with Gasteiger partial charge in [0.25, 0.3) is 0 Å². The second kappa shape index (κ2) is 5.16. The smallest absolute Gasteiger partial charge is 0.200 e. The third-order valence-corrected chi connectivity index (χ3v) is 2.37. The molecule has 17 heavy (non-hydrogen) atoms. The molecule has 2 rings (SSSR count). The van der Waals surface area contributed by atoms with E-state index in [1.54, 1.807) is 24.3 Å². The number of para-hydroxylation sites is 2. The van der Waals surface area contributed by atoms with Crippen molar-refractivity contribution in [1.82, 2.24) is 0 Å². The van der Waals surface area contributed by atoms with E-state index in [4.69, 9.17) is 10.5 Å². The highest BCUT2D eigenvalue weighted by Crippen LogP contribution is 2.19. The van der Waals surface area contributed by atoms with E-state index in [0.717, 1.165) is 0 Å². The molecule has 86 valence electrons. The lowest BCUT2D eigenvalue weighted by Gasteiger charge is -2.07. The molecule has 3 heteroatoms. The summed E-state index contributed by atoms with van der Waals surface area (Å²) in [6, 6.07) is 16.2.